The summed E-state index contributed by atoms with van der Waals surface area (Å²) in [5.41, 5.74) is 3.37. The van der Waals surface area contributed by atoms with E-state index in [1.807, 2.05) is 6.92 Å². The van der Waals surface area contributed by atoms with Gasteiger partial charge in [-0.1, -0.05) is 15.9 Å². The van der Waals surface area contributed by atoms with E-state index in [2.05, 4.69) is 45.2 Å². The first-order valence-electron chi connectivity index (χ1n) is 3.79. The van der Waals surface area contributed by atoms with Gasteiger partial charge in [0.25, 0.3) is 0 Å². The van der Waals surface area contributed by atoms with Gasteiger partial charge in [-0.25, -0.2) is 0 Å². The summed E-state index contributed by atoms with van der Waals surface area (Å²) >= 11 is 3.49. The fourth-order valence-corrected chi connectivity index (χ4v) is 1.61. The van der Waals surface area contributed by atoms with E-state index in [0.29, 0.717) is 0 Å². The van der Waals surface area contributed by atoms with Crippen LogP contribution in [0.2, 0.25) is 0 Å². The Morgan fingerprint density at radius 2 is 2.08 bits per heavy atom. The molecule has 0 aliphatic carbocycles. The van der Waals surface area contributed by atoms with Crippen molar-refractivity contribution in [2.45, 2.75) is 13.8 Å². The molecule has 0 atom stereocenters. The summed E-state index contributed by atoms with van der Waals surface area (Å²) in [5, 5.41) is 8.32. The molecule has 1 aromatic carbocycles. The third kappa shape index (κ3) is 1.05. The fourth-order valence-electron chi connectivity index (χ4n) is 1.26. The number of nitrogens with one attached hydrogen (secondary N) is 1. The lowest BCUT2D eigenvalue weighted by Gasteiger charge is -1.96. The highest BCUT2D eigenvalue weighted by atomic mass is 79.9. The van der Waals surface area contributed by atoms with Gasteiger partial charge < -0.3 is 0 Å². The smallest absolute Gasteiger partial charge is 0.0927 e. The topological polar surface area (TPSA) is 28.7 Å². The van der Waals surface area contributed by atoms with Crippen LogP contribution in [0.15, 0.2) is 16.6 Å². The third-order valence-electron chi connectivity index (χ3n) is 2.03. The first-order valence-corrected chi connectivity index (χ1v) is 4.58. The second-order valence-corrected chi connectivity index (χ2v) is 3.82. The van der Waals surface area contributed by atoms with Gasteiger partial charge in [-0.3, -0.25) is 5.10 Å². The molecule has 0 unspecified atom stereocenters. The number of halogens is 1. The molecule has 1 aromatic heterocycles. The van der Waals surface area contributed by atoms with Crippen LogP contribution in [0.1, 0.15) is 11.3 Å². The minimum Gasteiger partial charge on any atom is -0.282 e. The lowest BCUT2D eigenvalue weighted by Crippen LogP contribution is -1.76. The van der Waals surface area contributed by atoms with Gasteiger partial charge in [0.15, 0.2) is 0 Å². The molecule has 0 spiro atoms. The minimum atomic E-state index is 1.04. The predicted octanol–water partition coefficient (Wildman–Crippen LogP) is 2.94. The second-order valence-electron chi connectivity index (χ2n) is 2.97. The highest BCUT2D eigenvalue weighted by molar-refractivity contribution is 9.10. The maximum atomic E-state index is 4.17. The van der Waals surface area contributed by atoms with E-state index in [9.17, 15) is 0 Å². The summed E-state index contributed by atoms with van der Waals surface area (Å²) in [4.78, 5) is 0. The van der Waals surface area contributed by atoms with Crippen LogP contribution in [0.25, 0.3) is 10.9 Å². The van der Waals surface area contributed by atoms with Crippen LogP contribution in [0.4, 0.5) is 0 Å². The molecule has 2 rings (SSSR count). The van der Waals surface area contributed by atoms with Crippen molar-refractivity contribution in [2.75, 3.05) is 0 Å². The zero-order valence-electron chi connectivity index (χ0n) is 6.98. The molecule has 0 saturated heterocycles. The summed E-state index contributed by atoms with van der Waals surface area (Å²) < 4.78 is 1.14. The van der Waals surface area contributed by atoms with Crippen LogP contribution in [-0.2, 0) is 0 Å². The first-order chi connectivity index (χ1) is 5.68. The molecular weight excluding hydrogens is 216 g/mol. The molecular formula is C9H9BrN2. The number of aromatic nitrogens is 2. The zero-order valence-corrected chi connectivity index (χ0v) is 8.57. The van der Waals surface area contributed by atoms with Crippen molar-refractivity contribution in [3.05, 3.63) is 27.9 Å². The van der Waals surface area contributed by atoms with Gasteiger partial charge in [-0.2, -0.15) is 5.10 Å². The van der Waals surface area contributed by atoms with E-state index in [1.165, 1.54) is 10.9 Å². The number of hydrogen-bond donors (Lipinski definition) is 1. The van der Waals surface area contributed by atoms with Crippen molar-refractivity contribution in [2.24, 2.45) is 0 Å². The monoisotopic (exact) mass is 224 g/mol. The summed E-state index contributed by atoms with van der Waals surface area (Å²) in [6, 6.07) is 4.17. The Hall–Kier alpha value is -0.830. The molecule has 1 N–H and O–H groups in total. The number of H-pyrrole nitrogens is 1. The highest BCUT2D eigenvalue weighted by Gasteiger charge is 2.03. The average Bonchev–Trinajstić information content (AvgIpc) is 2.35. The molecule has 0 bridgehead atoms. The van der Waals surface area contributed by atoms with Crippen molar-refractivity contribution >= 4 is 26.8 Å². The number of benzene rings is 1. The first kappa shape index (κ1) is 7.80. The van der Waals surface area contributed by atoms with E-state index in [1.54, 1.807) is 0 Å². The molecule has 3 heteroatoms. The molecule has 0 aliphatic heterocycles. The summed E-state index contributed by atoms with van der Waals surface area (Å²) in [6.07, 6.45) is 0. The third-order valence-corrected chi connectivity index (χ3v) is 2.88. The van der Waals surface area contributed by atoms with E-state index in [0.717, 1.165) is 15.7 Å². The molecule has 0 aliphatic rings. The molecule has 2 nitrogen and oxygen atoms in total. The highest BCUT2D eigenvalue weighted by Crippen LogP contribution is 2.24. The average molecular weight is 225 g/mol. The predicted molar refractivity (Wildman–Crippen MR) is 53.3 cm³/mol. The standard InChI is InChI=1S/C9H9BrN2/c1-5-3-9-7(4-8(5)10)6(2)11-12-9/h3-4H,1-2H3,(H,11,12). The maximum Gasteiger partial charge on any atom is 0.0927 e. The fraction of sp³-hybridized carbons (Fsp3) is 0.222. The van der Waals surface area contributed by atoms with Gasteiger partial charge in [0, 0.05) is 15.6 Å². The number of aromatic amines is 1. The Kier molecular flexibility index (Phi) is 1.68. The van der Waals surface area contributed by atoms with Crippen molar-refractivity contribution in [3.63, 3.8) is 0 Å². The van der Waals surface area contributed by atoms with E-state index < -0.39 is 0 Å². The maximum absolute atomic E-state index is 4.17. The van der Waals surface area contributed by atoms with Crippen molar-refractivity contribution in [1.29, 1.82) is 0 Å². The normalized spacial score (nSPS) is 10.9. The molecule has 12 heavy (non-hydrogen) atoms. The van der Waals surface area contributed by atoms with Crippen molar-refractivity contribution in [3.8, 4) is 0 Å². The van der Waals surface area contributed by atoms with Crippen molar-refractivity contribution in [1.82, 2.24) is 10.2 Å². The van der Waals surface area contributed by atoms with E-state index in [4.69, 9.17) is 0 Å². The van der Waals surface area contributed by atoms with Crippen LogP contribution >= 0.6 is 15.9 Å². The van der Waals surface area contributed by atoms with Crippen LogP contribution in [-0.4, -0.2) is 10.2 Å². The molecule has 0 saturated carbocycles. The van der Waals surface area contributed by atoms with Gasteiger partial charge in [-0.15, -0.1) is 0 Å². The van der Waals surface area contributed by atoms with Crippen LogP contribution in [0.5, 0.6) is 0 Å². The lowest BCUT2D eigenvalue weighted by molar-refractivity contribution is 1.07. The Labute approximate surface area is 79.1 Å². The molecule has 2 aromatic rings. The zero-order chi connectivity index (χ0) is 8.72. The lowest BCUT2D eigenvalue weighted by atomic mass is 10.1. The minimum absolute atomic E-state index is 1.04. The van der Waals surface area contributed by atoms with Gasteiger partial charge in [0.05, 0.1) is 5.52 Å². The SMILES string of the molecule is Cc1cc2n[nH]c(C)c2cc1Br. The summed E-state index contributed by atoms with van der Waals surface area (Å²) in [7, 11) is 0. The quantitative estimate of drug-likeness (QED) is 0.733. The van der Waals surface area contributed by atoms with E-state index >= 15 is 0 Å². The molecule has 1 heterocycles. The van der Waals surface area contributed by atoms with Gasteiger partial charge in [0.1, 0.15) is 0 Å². The number of hydrogen-bond acceptors (Lipinski definition) is 1. The van der Waals surface area contributed by atoms with Crippen molar-refractivity contribution < 1.29 is 0 Å². The molecule has 62 valence electrons. The number of fused-ring (bicyclic) bond motifs is 1. The molecule has 0 fully saturated rings. The van der Waals surface area contributed by atoms with Crippen LogP contribution in [0.3, 0.4) is 0 Å². The van der Waals surface area contributed by atoms with Gasteiger partial charge >= 0.3 is 0 Å². The number of rotatable bonds is 0. The number of nitrogens with zero attached hydrogens (tertiary/aromatic N) is 1. The van der Waals surface area contributed by atoms with Gasteiger partial charge in [0.2, 0.25) is 0 Å². The molecule has 0 amide bonds. The van der Waals surface area contributed by atoms with Crippen LogP contribution < -0.4 is 0 Å². The Bertz CT molecular complexity index is 431. The number of aryl methyl sites for hydroxylation is 2. The Morgan fingerprint density at radius 1 is 1.33 bits per heavy atom. The Balaban J connectivity index is 2.87. The second kappa shape index (κ2) is 2.59. The Morgan fingerprint density at radius 3 is 2.83 bits per heavy atom. The largest absolute Gasteiger partial charge is 0.282 e. The van der Waals surface area contributed by atoms with Gasteiger partial charge in [-0.05, 0) is 31.5 Å². The van der Waals surface area contributed by atoms with Crippen LogP contribution in [0, 0.1) is 13.8 Å². The molecule has 0 radical (unpaired) electrons. The van der Waals surface area contributed by atoms with E-state index in [-0.39, 0.29) is 0 Å². The summed E-state index contributed by atoms with van der Waals surface area (Å²) in [6.45, 7) is 4.09. The summed E-state index contributed by atoms with van der Waals surface area (Å²) in [5.74, 6) is 0.